The van der Waals surface area contributed by atoms with Gasteiger partial charge in [-0.1, -0.05) is 42.1 Å². The number of Topliss-reactive ketones (excluding diaryl/α,β-unsaturated/α-hetero) is 1. The number of aromatic nitrogens is 3. The standard InChI is InChI=1S/C16H15N3OS2/c1-10-8-13(11(2)22-10)14(20)9-21-16-17-15(18-19-16)12-6-4-3-5-7-12/h3-8H,9H2,1-2H3,(H,17,18,19). The van der Waals surface area contributed by atoms with Crippen molar-refractivity contribution in [3.8, 4) is 11.4 Å². The summed E-state index contributed by atoms with van der Waals surface area (Å²) in [6.45, 7) is 4.00. The Kier molecular flexibility index (Phi) is 4.40. The Balaban J connectivity index is 1.66. The van der Waals surface area contributed by atoms with E-state index in [1.165, 1.54) is 11.8 Å². The molecule has 0 spiro atoms. The lowest BCUT2D eigenvalue weighted by atomic mass is 10.2. The molecule has 112 valence electrons. The van der Waals surface area contributed by atoms with Crippen LogP contribution in [0.2, 0.25) is 0 Å². The number of hydrogen-bond acceptors (Lipinski definition) is 5. The molecule has 0 atom stereocenters. The number of thioether (sulfide) groups is 1. The van der Waals surface area contributed by atoms with Gasteiger partial charge < -0.3 is 0 Å². The minimum absolute atomic E-state index is 0.123. The zero-order valence-electron chi connectivity index (χ0n) is 12.3. The lowest BCUT2D eigenvalue weighted by Gasteiger charge is -1.97. The molecule has 1 N–H and O–H groups in total. The summed E-state index contributed by atoms with van der Waals surface area (Å²) in [5, 5.41) is 7.67. The van der Waals surface area contributed by atoms with Crippen LogP contribution in [0.3, 0.4) is 0 Å². The number of hydrogen-bond donors (Lipinski definition) is 1. The lowest BCUT2D eigenvalue weighted by Crippen LogP contribution is -2.02. The molecule has 0 fully saturated rings. The second-order valence-electron chi connectivity index (χ2n) is 4.87. The van der Waals surface area contributed by atoms with Crippen molar-refractivity contribution in [3.05, 3.63) is 51.7 Å². The SMILES string of the molecule is Cc1cc(C(=O)CSc2n[nH]c(-c3ccccc3)n2)c(C)s1. The molecule has 4 nitrogen and oxygen atoms in total. The van der Waals surface area contributed by atoms with Crippen molar-refractivity contribution < 1.29 is 4.79 Å². The minimum atomic E-state index is 0.123. The number of carbonyl (C=O) groups excluding carboxylic acids is 1. The van der Waals surface area contributed by atoms with Gasteiger partial charge in [0.2, 0.25) is 5.16 Å². The summed E-state index contributed by atoms with van der Waals surface area (Å²) in [4.78, 5) is 18.9. The molecule has 0 aliphatic heterocycles. The van der Waals surface area contributed by atoms with E-state index in [-0.39, 0.29) is 5.78 Å². The van der Waals surface area contributed by atoms with Crippen LogP contribution in [-0.2, 0) is 0 Å². The molecule has 0 saturated heterocycles. The highest BCUT2D eigenvalue weighted by molar-refractivity contribution is 7.99. The average Bonchev–Trinajstić information content (AvgIpc) is 3.12. The Labute approximate surface area is 137 Å². The predicted molar refractivity (Wildman–Crippen MR) is 90.7 cm³/mol. The first-order valence-corrected chi connectivity index (χ1v) is 8.64. The van der Waals surface area contributed by atoms with Gasteiger partial charge in [-0.25, -0.2) is 4.98 Å². The van der Waals surface area contributed by atoms with E-state index in [1.807, 2.05) is 50.2 Å². The Morgan fingerprint density at radius 3 is 2.73 bits per heavy atom. The number of nitrogens with one attached hydrogen (secondary N) is 1. The van der Waals surface area contributed by atoms with Gasteiger partial charge in [0, 0.05) is 20.9 Å². The van der Waals surface area contributed by atoms with Gasteiger partial charge in [0.1, 0.15) is 0 Å². The molecule has 1 aromatic carbocycles. The van der Waals surface area contributed by atoms with Crippen LogP contribution < -0.4 is 0 Å². The third-order valence-electron chi connectivity index (χ3n) is 3.19. The number of rotatable bonds is 5. The molecule has 0 unspecified atom stereocenters. The first-order chi connectivity index (χ1) is 10.6. The maximum absolute atomic E-state index is 12.2. The van der Waals surface area contributed by atoms with Gasteiger partial charge in [0.15, 0.2) is 11.6 Å². The zero-order valence-corrected chi connectivity index (χ0v) is 13.9. The molecule has 0 saturated carbocycles. The normalized spacial score (nSPS) is 10.8. The van der Waals surface area contributed by atoms with Gasteiger partial charge in [-0.15, -0.1) is 16.4 Å². The number of H-pyrrole nitrogens is 1. The summed E-state index contributed by atoms with van der Waals surface area (Å²) in [6, 6.07) is 11.8. The molecular weight excluding hydrogens is 314 g/mol. The first kappa shape index (κ1) is 15.0. The monoisotopic (exact) mass is 329 g/mol. The van der Waals surface area contributed by atoms with Crippen LogP contribution >= 0.6 is 23.1 Å². The van der Waals surface area contributed by atoms with Crippen LogP contribution in [0.15, 0.2) is 41.6 Å². The smallest absolute Gasteiger partial charge is 0.209 e. The van der Waals surface area contributed by atoms with E-state index >= 15 is 0 Å². The van der Waals surface area contributed by atoms with Crippen molar-refractivity contribution in [1.29, 1.82) is 0 Å². The van der Waals surface area contributed by atoms with Crippen molar-refractivity contribution in [3.63, 3.8) is 0 Å². The first-order valence-electron chi connectivity index (χ1n) is 6.84. The van der Waals surface area contributed by atoms with Gasteiger partial charge in [-0.3, -0.25) is 9.89 Å². The highest BCUT2D eigenvalue weighted by Gasteiger charge is 2.14. The van der Waals surface area contributed by atoms with E-state index in [0.717, 1.165) is 26.7 Å². The van der Waals surface area contributed by atoms with Gasteiger partial charge in [0.05, 0.1) is 5.75 Å². The van der Waals surface area contributed by atoms with E-state index in [2.05, 4.69) is 15.2 Å². The van der Waals surface area contributed by atoms with Crippen LogP contribution in [0.5, 0.6) is 0 Å². The number of thiophene rings is 1. The van der Waals surface area contributed by atoms with Crippen molar-refractivity contribution in [2.75, 3.05) is 5.75 Å². The Morgan fingerprint density at radius 1 is 1.27 bits per heavy atom. The number of ketones is 1. The van der Waals surface area contributed by atoms with Gasteiger partial charge >= 0.3 is 0 Å². The molecule has 6 heteroatoms. The summed E-state index contributed by atoms with van der Waals surface area (Å²) in [7, 11) is 0. The van der Waals surface area contributed by atoms with Crippen LogP contribution in [0, 0.1) is 13.8 Å². The highest BCUT2D eigenvalue weighted by atomic mass is 32.2. The molecule has 0 aliphatic carbocycles. The summed E-state index contributed by atoms with van der Waals surface area (Å²) in [6.07, 6.45) is 0. The summed E-state index contributed by atoms with van der Waals surface area (Å²) < 4.78 is 0. The van der Waals surface area contributed by atoms with Crippen LogP contribution in [0.4, 0.5) is 0 Å². The molecule has 0 aliphatic rings. The maximum atomic E-state index is 12.2. The fourth-order valence-corrected chi connectivity index (χ4v) is 3.78. The molecule has 3 rings (SSSR count). The molecule has 22 heavy (non-hydrogen) atoms. The summed E-state index contributed by atoms with van der Waals surface area (Å²) in [5.74, 6) is 1.19. The Hall–Kier alpha value is -1.92. The predicted octanol–water partition coefficient (Wildman–Crippen LogP) is 4.13. The Bertz CT molecular complexity index is 793. The Morgan fingerprint density at radius 2 is 2.05 bits per heavy atom. The van der Waals surface area contributed by atoms with Crippen molar-refractivity contribution in [1.82, 2.24) is 15.2 Å². The number of nitrogens with zero attached hydrogens (tertiary/aromatic N) is 2. The van der Waals surface area contributed by atoms with E-state index in [1.54, 1.807) is 11.3 Å². The second kappa shape index (κ2) is 6.46. The van der Waals surface area contributed by atoms with E-state index in [4.69, 9.17) is 0 Å². The van der Waals surface area contributed by atoms with E-state index in [0.29, 0.717) is 10.9 Å². The number of aromatic amines is 1. The van der Waals surface area contributed by atoms with Crippen molar-refractivity contribution in [2.24, 2.45) is 0 Å². The second-order valence-corrected chi connectivity index (χ2v) is 7.27. The number of benzene rings is 1. The van der Waals surface area contributed by atoms with Crippen molar-refractivity contribution >= 4 is 28.9 Å². The van der Waals surface area contributed by atoms with E-state index in [9.17, 15) is 4.79 Å². The quantitative estimate of drug-likeness (QED) is 0.565. The lowest BCUT2D eigenvalue weighted by molar-refractivity contribution is 0.102. The molecule has 3 aromatic rings. The molecule has 0 radical (unpaired) electrons. The van der Waals surface area contributed by atoms with Crippen LogP contribution in [0.1, 0.15) is 20.1 Å². The maximum Gasteiger partial charge on any atom is 0.209 e. The number of carbonyl (C=O) groups is 1. The highest BCUT2D eigenvalue weighted by Crippen LogP contribution is 2.24. The fourth-order valence-electron chi connectivity index (χ4n) is 2.15. The molecular formula is C16H15N3OS2. The topological polar surface area (TPSA) is 58.6 Å². The van der Waals surface area contributed by atoms with Gasteiger partial charge in [-0.2, -0.15) is 0 Å². The third-order valence-corrected chi connectivity index (χ3v) is 5.00. The van der Waals surface area contributed by atoms with Crippen molar-refractivity contribution in [2.45, 2.75) is 19.0 Å². The fraction of sp³-hybridized carbons (Fsp3) is 0.188. The third kappa shape index (κ3) is 3.28. The van der Waals surface area contributed by atoms with Gasteiger partial charge in [-0.05, 0) is 19.9 Å². The molecule has 2 heterocycles. The van der Waals surface area contributed by atoms with Crippen LogP contribution in [-0.4, -0.2) is 26.7 Å². The van der Waals surface area contributed by atoms with E-state index < -0.39 is 0 Å². The summed E-state index contributed by atoms with van der Waals surface area (Å²) >= 11 is 3.01. The number of aryl methyl sites for hydroxylation is 2. The molecule has 0 bridgehead atoms. The molecule has 2 aromatic heterocycles. The van der Waals surface area contributed by atoms with Crippen LogP contribution in [0.25, 0.3) is 11.4 Å². The molecule has 0 amide bonds. The largest absolute Gasteiger partial charge is 0.293 e. The van der Waals surface area contributed by atoms with Gasteiger partial charge in [0.25, 0.3) is 0 Å². The average molecular weight is 329 g/mol. The summed E-state index contributed by atoms with van der Waals surface area (Å²) in [5.41, 5.74) is 1.80. The minimum Gasteiger partial charge on any atom is -0.293 e. The zero-order chi connectivity index (χ0) is 15.5.